The van der Waals surface area contributed by atoms with Crippen molar-refractivity contribution in [1.29, 1.82) is 0 Å². The van der Waals surface area contributed by atoms with Gasteiger partial charge in [-0.1, -0.05) is 351 Å². The zero-order chi connectivity index (χ0) is 61.3. The molecule has 0 aliphatic carbocycles. The molecule has 0 atom stereocenters. The van der Waals surface area contributed by atoms with Gasteiger partial charge in [-0.2, -0.15) is 0 Å². The third kappa shape index (κ3) is 97.3. The molecule has 3 nitrogen and oxygen atoms in total. The Morgan fingerprint density at radius 1 is 0.146 bits per heavy atom. The van der Waals surface area contributed by atoms with Crippen LogP contribution in [-0.2, 0) is 35.4 Å². The van der Waals surface area contributed by atoms with Crippen LogP contribution >= 0.6 is 23.8 Å². The molecule has 82 heavy (non-hydrogen) atoms. The van der Waals surface area contributed by atoms with E-state index in [0.717, 1.165) is 0 Å². The molecule has 0 aliphatic rings. The molecule has 0 spiro atoms. The molecule has 0 aromatic heterocycles. The van der Waals surface area contributed by atoms with Crippen LogP contribution in [0.4, 0.5) is 0 Å². The Kier molecular flexibility index (Phi) is 119. The summed E-state index contributed by atoms with van der Waals surface area (Å²) in [6.45, 7) is 34.4. The van der Waals surface area contributed by atoms with Crippen LogP contribution in [0, 0.1) is 0 Å². The van der Waals surface area contributed by atoms with Crippen LogP contribution in [0.25, 0.3) is 0 Å². The second-order valence-corrected chi connectivity index (χ2v) is 32.5. The van der Waals surface area contributed by atoms with E-state index in [2.05, 4.69) is 82.7 Å². The van der Waals surface area contributed by atoms with E-state index in [1.54, 1.807) is 55.5 Å². The summed E-state index contributed by atoms with van der Waals surface area (Å²) in [6, 6.07) is 0. The largest absolute Gasteiger partial charge is 0.281 e. The molecule has 0 saturated heterocycles. The molecule has 492 valence electrons. The molecule has 6 radical (unpaired) electrons. The van der Waals surface area contributed by atoms with Crippen LogP contribution in [0.15, 0.2) is 0 Å². The summed E-state index contributed by atoms with van der Waals surface area (Å²) in [6.07, 6.45) is 93.7. The van der Waals surface area contributed by atoms with E-state index in [1.165, 1.54) is 347 Å². The molecular weight excluding hydrogens is 1230 g/mol. The molecule has 0 unspecified atom stereocenters. The van der Waals surface area contributed by atoms with E-state index in [9.17, 15) is 0 Å². The van der Waals surface area contributed by atoms with Crippen molar-refractivity contribution >= 4 is 44.1 Å². The van der Waals surface area contributed by atoms with Crippen LogP contribution < -0.4 is 0 Å². The summed E-state index contributed by atoms with van der Waals surface area (Å²) in [4.78, 5) is 22.5. The Balaban J connectivity index is -0.000000195. The first-order valence-electron chi connectivity index (χ1n) is 36.8. The predicted octanol–water partition coefficient (Wildman–Crippen LogP) is 27.5. The van der Waals surface area contributed by atoms with Gasteiger partial charge in [0.25, 0.3) is 20.4 Å². The topological polar surface area (TPSA) is 51.2 Å². The summed E-state index contributed by atoms with van der Waals surface area (Å²) in [7, 11) is 1.10. The average molecular weight is 1380 g/mol. The van der Waals surface area contributed by atoms with Crippen molar-refractivity contribution in [3.8, 4) is 0 Å². The van der Waals surface area contributed by atoms with Crippen molar-refractivity contribution in [3.63, 3.8) is 0 Å². The van der Waals surface area contributed by atoms with E-state index in [-0.39, 0.29) is 21.1 Å². The summed E-state index contributed by atoms with van der Waals surface area (Å²) in [5.74, 6) is 0. The standard InChI is InChI=1S/3C24H51P.3CO.W/c3*1-4-7-10-13-16-19-22-25(23-20-17-14-11-8-5-2)24-21-18-15-12-9-6-3;3*1-2;/h3*4-24H2,1-3H3;;;;. The molecule has 7 heteroatoms. The first-order valence-corrected chi connectivity index (χ1v) is 42.5. The van der Waals surface area contributed by atoms with Crippen LogP contribution in [0.2, 0.25) is 0 Å². The summed E-state index contributed by atoms with van der Waals surface area (Å²) < 4.78 is 0. The molecule has 0 amide bonds. The third-order valence-corrected chi connectivity index (χ3v) is 25.0. The van der Waals surface area contributed by atoms with Gasteiger partial charge in [0, 0.05) is 21.1 Å². The maximum Gasteiger partial charge on any atom is 0.281 e. The Bertz CT molecular complexity index is 746. The smallest absolute Gasteiger partial charge is 0.281 e. The molecule has 0 bridgehead atoms. The Morgan fingerprint density at radius 2 is 0.220 bits per heavy atom. The fourth-order valence-corrected chi connectivity index (χ4v) is 19.1. The van der Waals surface area contributed by atoms with Gasteiger partial charge in [0.1, 0.15) is 0 Å². The SMILES string of the molecule is CCCCCCCCP(CCCCCCCC)CCCCCCCC.CCCCCCCCP(CCCCCCCC)CCCCCCCC.CCCCCCCCP(CCCCCCCC)CCCCCCCC.[C]=O.[C]=O.[C]=O.[W]. The molecule has 0 aliphatic heterocycles. The Labute approximate surface area is 540 Å². The fraction of sp³-hybridized carbons (Fsp3) is 0.960. The van der Waals surface area contributed by atoms with Crippen molar-refractivity contribution in [2.75, 3.05) is 55.5 Å². The van der Waals surface area contributed by atoms with Crippen molar-refractivity contribution < 1.29 is 35.4 Å². The van der Waals surface area contributed by atoms with Crippen molar-refractivity contribution in [2.24, 2.45) is 0 Å². The third-order valence-electron chi connectivity index (χ3n) is 16.5. The zero-order valence-electron chi connectivity index (χ0n) is 58.0. The maximum atomic E-state index is 7.50. The minimum atomic E-state index is 0. The molecule has 0 aromatic rings. The minimum Gasteiger partial charge on any atom is -0.281 e. The quantitative estimate of drug-likeness (QED) is 0.0450. The first kappa shape index (κ1) is 96.6. The number of carbonyl (C=O) groups excluding carboxylic acids is 3. The van der Waals surface area contributed by atoms with Crippen molar-refractivity contribution in [1.82, 2.24) is 0 Å². The number of hydrogen-bond donors (Lipinski definition) is 0. The van der Waals surface area contributed by atoms with Crippen molar-refractivity contribution in [3.05, 3.63) is 0 Å². The summed E-state index contributed by atoms with van der Waals surface area (Å²) in [5, 5.41) is 0. The Hall–Kier alpha value is 0.988. The summed E-state index contributed by atoms with van der Waals surface area (Å²) >= 11 is 0. The van der Waals surface area contributed by atoms with Gasteiger partial charge in [0.2, 0.25) is 0 Å². The van der Waals surface area contributed by atoms with E-state index in [4.69, 9.17) is 14.4 Å². The van der Waals surface area contributed by atoms with Crippen molar-refractivity contribution in [2.45, 2.75) is 409 Å². The number of rotatable bonds is 63. The van der Waals surface area contributed by atoms with Crippen LogP contribution in [0.1, 0.15) is 409 Å². The monoisotopic (exact) mass is 1380 g/mol. The molecule has 0 N–H and O–H groups in total. The fourth-order valence-electron chi connectivity index (χ4n) is 11.0. The van der Waals surface area contributed by atoms with Gasteiger partial charge >= 0.3 is 0 Å². The average Bonchev–Trinajstić information content (AvgIpc) is 3.50. The maximum absolute atomic E-state index is 7.50. The van der Waals surface area contributed by atoms with E-state index in [0.29, 0.717) is 23.8 Å². The number of hydrogen-bond acceptors (Lipinski definition) is 3. The second-order valence-electron chi connectivity index (χ2n) is 24.4. The van der Waals surface area contributed by atoms with Gasteiger partial charge < -0.3 is 0 Å². The van der Waals surface area contributed by atoms with E-state index >= 15 is 0 Å². The second kappa shape index (κ2) is 101. The van der Waals surface area contributed by atoms with Gasteiger partial charge in [-0.05, 0) is 113 Å². The van der Waals surface area contributed by atoms with Gasteiger partial charge in [0.15, 0.2) is 0 Å². The molecular formula is C75H153O3P3W. The predicted molar refractivity (Wildman–Crippen MR) is 382 cm³/mol. The minimum absolute atomic E-state index is 0. The van der Waals surface area contributed by atoms with Gasteiger partial charge in [-0.25, -0.2) is 0 Å². The van der Waals surface area contributed by atoms with Crippen LogP contribution in [0.5, 0.6) is 0 Å². The molecule has 0 aromatic carbocycles. The van der Waals surface area contributed by atoms with E-state index in [1.807, 2.05) is 0 Å². The van der Waals surface area contributed by atoms with Gasteiger partial charge in [-0.3, -0.25) is 14.4 Å². The number of unbranched alkanes of at least 4 members (excludes halogenated alkanes) is 45. The van der Waals surface area contributed by atoms with Gasteiger partial charge in [-0.15, -0.1) is 23.8 Å². The molecule has 0 rings (SSSR count). The Morgan fingerprint density at radius 3 is 0.305 bits per heavy atom. The molecule has 0 fully saturated rings. The molecule has 0 saturated carbocycles. The van der Waals surface area contributed by atoms with E-state index < -0.39 is 0 Å². The zero-order valence-corrected chi connectivity index (χ0v) is 63.6. The first-order chi connectivity index (χ1) is 40.0. The summed E-state index contributed by atoms with van der Waals surface area (Å²) in [5.41, 5.74) is 0. The van der Waals surface area contributed by atoms with Crippen LogP contribution in [-0.4, -0.2) is 75.8 Å². The normalized spacial score (nSPS) is 10.7. The molecule has 0 heterocycles. The van der Waals surface area contributed by atoms with Gasteiger partial charge in [0.05, 0.1) is 0 Å². The van der Waals surface area contributed by atoms with Crippen LogP contribution in [0.3, 0.4) is 0 Å².